The van der Waals surface area contributed by atoms with Crippen molar-refractivity contribution in [2.75, 3.05) is 44.2 Å². The Bertz CT molecular complexity index is 632. The Kier molecular flexibility index (Phi) is 7.79. The maximum Gasteiger partial charge on any atom is 0.243 e. The van der Waals surface area contributed by atoms with Crippen molar-refractivity contribution in [2.24, 2.45) is 0 Å². The highest BCUT2D eigenvalue weighted by Gasteiger charge is 2.21. The molecule has 1 N–H and O–H groups in total. The van der Waals surface area contributed by atoms with Crippen LogP contribution < -0.4 is 10.2 Å². The van der Waals surface area contributed by atoms with Crippen LogP contribution in [0, 0.1) is 0 Å². The molecule has 1 aromatic heterocycles. The molecule has 0 aromatic carbocycles. The minimum absolute atomic E-state index is 0.0658. The monoisotopic (exact) mass is 374 g/mol. The fourth-order valence-corrected chi connectivity index (χ4v) is 2.69. The van der Waals surface area contributed by atoms with Crippen LogP contribution in [0.2, 0.25) is 0 Å². The number of piperazine rings is 1. The molecule has 1 aromatic rings. The Morgan fingerprint density at radius 3 is 2.59 bits per heavy atom. The lowest BCUT2D eigenvalue weighted by Crippen LogP contribution is -2.49. The summed E-state index contributed by atoms with van der Waals surface area (Å²) in [7, 11) is 0. The number of nitrogens with one attached hydrogen (secondary N) is 1. The van der Waals surface area contributed by atoms with Crippen LogP contribution in [-0.4, -0.2) is 66.6 Å². The smallest absolute Gasteiger partial charge is 0.243 e. The summed E-state index contributed by atoms with van der Waals surface area (Å²) in [6.07, 6.45) is 5.21. The van der Waals surface area contributed by atoms with Gasteiger partial charge in [0, 0.05) is 51.4 Å². The van der Waals surface area contributed by atoms with Gasteiger partial charge in [0.1, 0.15) is 5.82 Å². The molecule has 1 aliphatic rings. The first-order chi connectivity index (χ1) is 12.8. The van der Waals surface area contributed by atoms with E-state index in [1.165, 1.54) is 6.08 Å². The van der Waals surface area contributed by atoms with Crippen molar-refractivity contribution in [3.05, 3.63) is 36.5 Å². The van der Waals surface area contributed by atoms with Gasteiger partial charge in [-0.15, -0.1) is 0 Å². The second-order valence-corrected chi connectivity index (χ2v) is 7.42. The molecule has 7 heteroatoms. The molecule has 1 saturated heterocycles. The number of carbonyl (C=O) groups excluding carboxylic acids is 2. The first kappa shape index (κ1) is 20.9. The van der Waals surface area contributed by atoms with E-state index in [-0.39, 0.29) is 17.4 Å². The van der Waals surface area contributed by atoms with Crippen LogP contribution in [0.4, 0.5) is 5.82 Å². The van der Waals surface area contributed by atoms with Gasteiger partial charge in [-0.25, -0.2) is 4.98 Å². The van der Waals surface area contributed by atoms with E-state index in [4.69, 9.17) is 4.74 Å². The van der Waals surface area contributed by atoms with Crippen LogP contribution in [0.5, 0.6) is 0 Å². The van der Waals surface area contributed by atoms with Crippen molar-refractivity contribution in [3.8, 4) is 0 Å². The summed E-state index contributed by atoms with van der Waals surface area (Å²) < 4.78 is 5.51. The van der Waals surface area contributed by atoms with Crippen molar-refractivity contribution in [1.29, 1.82) is 0 Å². The Hall–Kier alpha value is -2.41. The maximum absolute atomic E-state index is 12.3. The first-order valence-corrected chi connectivity index (χ1v) is 9.37. The van der Waals surface area contributed by atoms with Gasteiger partial charge in [0.25, 0.3) is 0 Å². The Morgan fingerprint density at radius 2 is 1.96 bits per heavy atom. The van der Waals surface area contributed by atoms with E-state index in [1.54, 1.807) is 12.3 Å². The minimum Gasteiger partial charge on any atom is -0.372 e. The molecule has 0 spiro atoms. The van der Waals surface area contributed by atoms with Gasteiger partial charge in [-0.05, 0) is 32.9 Å². The van der Waals surface area contributed by atoms with Gasteiger partial charge in [0.05, 0.1) is 12.2 Å². The summed E-state index contributed by atoms with van der Waals surface area (Å²) in [5.41, 5.74) is -0.228. The summed E-state index contributed by atoms with van der Waals surface area (Å²) in [4.78, 5) is 32.4. The molecule has 1 aliphatic heterocycles. The summed E-state index contributed by atoms with van der Waals surface area (Å²) in [6.45, 7) is 9.49. The molecule has 2 heterocycles. The Balaban J connectivity index is 1.62. The predicted octanol–water partition coefficient (Wildman–Crippen LogP) is 1.61. The van der Waals surface area contributed by atoms with Gasteiger partial charge in [0.15, 0.2) is 0 Å². The Labute approximate surface area is 161 Å². The van der Waals surface area contributed by atoms with Gasteiger partial charge in [-0.3, -0.25) is 9.59 Å². The summed E-state index contributed by atoms with van der Waals surface area (Å²) in [5.74, 6) is 0.801. The molecule has 7 nitrogen and oxygen atoms in total. The standard InChI is InChI=1S/C20H30N4O3/c1-20(2,3)27-16-6-8-18(25)22-11-9-19(26)24-14-12-23(13-15-24)17-7-4-5-10-21-17/h4-8,10H,9,11-16H2,1-3H3,(H,22,25)/b8-6+. The van der Waals surface area contributed by atoms with Crippen LogP contribution in [0.3, 0.4) is 0 Å². The van der Waals surface area contributed by atoms with Crippen LogP contribution in [0.15, 0.2) is 36.5 Å². The molecule has 2 amide bonds. The molecule has 0 aliphatic carbocycles. The number of anilines is 1. The van der Waals surface area contributed by atoms with Crippen molar-refractivity contribution < 1.29 is 14.3 Å². The molecule has 0 saturated carbocycles. The third-order valence-electron chi connectivity index (χ3n) is 4.13. The van der Waals surface area contributed by atoms with Crippen LogP contribution >= 0.6 is 0 Å². The highest BCUT2D eigenvalue weighted by Crippen LogP contribution is 2.12. The minimum atomic E-state index is -0.228. The molecule has 0 unspecified atom stereocenters. The van der Waals surface area contributed by atoms with E-state index in [2.05, 4.69) is 15.2 Å². The molecule has 0 atom stereocenters. The van der Waals surface area contributed by atoms with Gasteiger partial charge >= 0.3 is 0 Å². The molecular weight excluding hydrogens is 344 g/mol. The van der Waals surface area contributed by atoms with Gasteiger partial charge < -0.3 is 19.9 Å². The van der Waals surface area contributed by atoms with E-state index < -0.39 is 0 Å². The highest BCUT2D eigenvalue weighted by atomic mass is 16.5. The van der Waals surface area contributed by atoms with Gasteiger partial charge in [-0.2, -0.15) is 0 Å². The van der Waals surface area contributed by atoms with E-state index in [0.717, 1.165) is 18.9 Å². The van der Waals surface area contributed by atoms with Crippen molar-refractivity contribution in [2.45, 2.75) is 32.8 Å². The topological polar surface area (TPSA) is 74.8 Å². The fourth-order valence-electron chi connectivity index (χ4n) is 2.69. The largest absolute Gasteiger partial charge is 0.372 e. The first-order valence-electron chi connectivity index (χ1n) is 9.37. The number of carbonyl (C=O) groups is 2. The lowest BCUT2D eigenvalue weighted by atomic mass is 10.2. The summed E-state index contributed by atoms with van der Waals surface area (Å²) in [5, 5.41) is 2.74. The molecule has 27 heavy (non-hydrogen) atoms. The van der Waals surface area contributed by atoms with Crippen LogP contribution in [-0.2, 0) is 14.3 Å². The van der Waals surface area contributed by atoms with Crippen molar-refractivity contribution in [1.82, 2.24) is 15.2 Å². The third kappa shape index (κ3) is 7.78. The number of rotatable bonds is 7. The molecule has 0 radical (unpaired) electrons. The molecular formula is C20H30N4O3. The third-order valence-corrected chi connectivity index (χ3v) is 4.13. The van der Waals surface area contributed by atoms with Crippen LogP contribution in [0.25, 0.3) is 0 Å². The zero-order valence-corrected chi connectivity index (χ0v) is 16.5. The second-order valence-electron chi connectivity index (χ2n) is 7.42. The van der Waals surface area contributed by atoms with Crippen molar-refractivity contribution >= 4 is 17.6 Å². The number of hydrogen-bond donors (Lipinski definition) is 1. The quantitative estimate of drug-likeness (QED) is 0.734. The van der Waals surface area contributed by atoms with Crippen LogP contribution in [0.1, 0.15) is 27.2 Å². The average Bonchev–Trinajstić information content (AvgIpc) is 2.65. The maximum atomic E-state index is 12.3. The van der Waals surface area contributed by atoms with Gasteiger partial charge in [-0.1, -0.05) is 12.1 Å². The van der Waals surface area contributed by atoms with E-state index >= 15 is 0 Å². The molecule has 2 rings (SSSR count). The number of amides is 2. The zero-order valence-electron chi connectivity index (χ0n) is 16.5. The average molecular weight is 374 g/mol. The highest BCUT2D eigenvalue weighted by molar-refractivity contribution is 5.87. The zero-order chi connectivity index (χ0) is 19.7. The van der Waals surface area contributed by atoms with E-state index in [9.17, 15) is 9.59 Å². The van der Waals surface area contributed by atoms with E-state index in [1.807, 2.05) is 43.9 Å². The number of aromatic nitrogens is 1. The van der Waals surface area contributed by atoms with E-state index in [0.29, 0.717) is 32.7 Å². The summed E-state index contributed by atoms with van der Waals surface area (Å²) >= 11 is 0. The molecule has 1 fully saturated rings. The SMILES string of the molecule is CC(C)(C)OC/C=C/C(=O)NCCC(=O)N1CCN(c2ccccn2)CC1. The second kappa shape index (κ2) is 10.1. The number of ether oxygens (including phenoxy) is 1. The summed E-state index contributed by atoms with van der Waals surface area (Å²) in [6, 6.07) is 5.84. The number of nitrogens with zero attached hydrogens (tertiary/aromatic N) is 3. The van der Waals surface area contributed by atoms with Crippen molar-refractivity contribution in [3.63, 3.8) is 0 Å². The normalized spacial score (nSPS) is 15.2. The van der Waals surface area contributed by atoms with Gasteiger partial charge in [0.2, 0.25) is 11.8 Å². The fraction of sp³-hybridized carbons (Fsp3) is 0.550. The number of hydrogen-bond acceptors (Lipinski definition) is 5. The molecule has 0 bridgehead atoms. The molecule has 148 valence electrons. The predicted molar refractivity (Wildman–Crippen MR) is 106 cm³/mol. The lowest BCUT2D eigenvalue weighted by Gasteiger charge is -2.35. The Morgan fingerprint density at radius 1 is 1.22 bits per heavy atom. The lowest BCUT2D eigenvalue weighted by molar-refractivity contribution is -0.131. The number of pyridine rings is 1.